The SMILES string of the molecule is CC(C)(C)C(=O)N[C@H]1CO[C@H]2[C@@H]1OC[C@@H]2Nc1nccc(-c2cccs2)n1. The van der Waals surface area contributed by atoms with E-state index in [1.165, 1.54) is 0 Å². The zero-order valence-corrected chi connectivity index (χ0v) is 16.5. The summed E-state index contributed by atoms with van der Waals surface area (Å²) in [5.74, 6) is 0.560. The molecular weight excluding hydrogens is 364 g/mol. The summed E-state index contributed by atoms with van der Waals surface area (Å²) in [7, 11) is 0. The number of ether oxygens (including phenoxy) is 2. The normalized spacial score (nSPS) is 27.4. The molecule has 2 aromatic heterocycles. The number of rotatable bonds is 4. The number of hydrogen-bond donors (Lipinski definition) is 2. The number of nitrogens with zero attached hydrogens (tertiary/aromatic N) is 2. The maximum atomic E-state index is 12.3. The van der Waals surface area contributed by atoms with Gasteiger partial charge in [0.15, 0.2) is 0 Å². The molecule has 144 valence electrons. The molecule has 0 radical (unpaired) electrons. The Morgan fingerprint density at radius 2 is 1.93 bits per heavy atom. The summed E-state index contributed by atoms with van der Waals surface area (Å²) in [6.07, 6.45) is 1.46. The second kappa shape index (κ2) is 7.18. The van der Waals surface area contributed by atoms with Gasteiger partial charge in [-0.2, -0.15) is 0 Å². The number of carbonyl (C=O) groups excluding carboxylic acids is 1. The van der Waals surface area contributed by atoms with Crippen LogP contribution in [0.15, 0.2) is 29.8 Å². The fourth-order valence-corrected chi connectivity index (χ4v) is 3.98. The highest BCUT2D eigenvalue weighted by Gasteiger charge is 2.48. The van der Waals surface area contributed by atoms with E-state index in [9.17, 15) is 4.79 Å². The van der Waals surface area contributed by atoms with E-state index in [1.807, 2.05) is 44.4 Å². The first-order valence-electron chi connectivity index (χ1n) is 9.09. The van der Waals surface area contributed by atoms with Crippen molar-refractivity contribution >= 4 is 23.2 Å². The lowest BCUT2D eigenvalue weighted by Crippen LogP contribution is -2.48. The molecule has 2 N–H and O–H groups in total. The van der Waals surface area contributed by atoms with Gasteiger partial charge in [-0.3, -0.25) is 4.79 Å². The molecule has 2 aliphatic rings. The Kier molecular flexibility index (Phi) is 4.88. The first-order chi connectivity index (χ1) is 12.9. The molecule has 7 nitrogen and oxygen atoms in total. The number of anilines is 1. The van der Waals surface area contributed by atoms with E-state index in [4.69, 9.17) is 9.47 Å². The summed E-state index contributed by atoms with van der Waals surface area (Å²) in [4.78, 5) is 22.3. The van der Waals surface area contributed by atoms with E-state index < -0.39 is 5.41 Å². The topological polar surface area (TPSA) is 85.4 Å². The van der Waals surface area contributed by atoms with Crippen LogP contribution in [-0.2, 0) is 14.3 Å². The molecule has 4 rings (SSSR count). The van der Waals surface area contributed by atoms with Gasteiger partial charge in [-0.15, -0.1) is 11.3 Å². The van der Waals surface area contributed by atoms with E-state index in [-0.39, 0.29) is 30.2 Å². The van der Waals surface area contributed by atoms with Crippen molar-refractivity contribution in [2.75, 3.05) is 18.5 Å². The van der Waals surface area contributed by atoms with Crippen LogP contribution in [-0.4, -0.2) is 53.4 Å². The van der Waals surface area contributed by atoms with E-state index in [1.54, 1.807) is 17.5 Å². The molecule has 0 bridgehead atoms. The number of nitrogens with one attached hydrogen (secondary N) is 2. The minimum Gasteiger partial charge on any atom is -0.371 e. The van der Waals surface area contributed by atoms with Crippen molar-refractivity contribution in [1.29, 1.82) is 0 Å². The van der Waals surface area contributed by atoms with Crippen LogP contribution in [0.5, 0.6) is 0 Å². The van der Waals surface area contributed by atoms with Gasteiger partial charge in [-0.1, -0.05) is 26.8 Å². The van der Waals surface area contributed by atoms with Gasteiger partial charge in [0.1, 0.15) is 12.2 Å². The molecule has 0 spiro atoms. The van der Waals surface area contributed by atoms with E-state index >= 15 is 0 Å². The second-order valence-corrected chi connectivity index (χ2v) is 8.87. The lowest BCUT2D eigenvalue weighted by molar-refractivity contribution is -0.129. The molecule has 8 heteroatoms. The van der Waals surface area contributed by atoms with Gasteiger partial charge >= 0.3 is 0 Å². The lowest BCUT2D eigenvalue weighted by atomic mass is 9.94. The van der Waals surface area contributed by atoms with Crippen molar-refractivity contribution < 1.29 is 14.3 Å². The highest BCUT2D eigenvalue weighted by molar-refractivity contribution is 7.13. The van der Waals surface area contributed by atoms with Crippen LogP contribution >= 0.6 is 11.3 Å². The number of carbonyl (C=O) groups is 1. The van der Waals surface area contributed by atoms with E-state index in [0.29, 0.717) is 19.2 Å². The zero-order valence-electron chi connectivity index (χ0n) is 15.6. The number of thiophene rings is 1. The van der Waals surface area contributed by atoms with Crippen molar-refractivity contribution in [1.82, 2.24) is 15.3 Å². The van der Waals surface area contributed by atoms with Crippen molar-refractivity contribution in [3.63, 3.8) is 0 Å². The molecule has 2 aliphatic heterocycles. The maximum absolute atomic E-state index is 12.3. The van der Waals surface area contributed by atoms with Crippen LogP contribution in [0.25, 0.3) is 10.6 Å². The minimum atomic E-state index is -0.440. The molecule has 0 aromatic carbocycles. The number of aromatic nitrogens is 2. The fourth-order valence-electron chi connectivity index (χ4n) is 3.29. The third-order valence-electron chi connectivity index (χ3n) is 4.79. The molecule has 2 aromatic rings. The highest BCUT2D eigenvalue weighted by atomic mass is 32.1. The molecule has 1 amide bonds. The molecular formula is C19H24N4O3S. The lowest BCUT2D eigenvalue weighted by Gasteiger charge is -2.23. The average molecular weight is 388 g/mol. The molecule has 4 heterocycles. The Labute approximate surface area is 162 Å². The molecule has 0 aliphatic carbocycles. The summed E-state index contributed by atoms with van der Waals surface area (Å²) in [5.41, 5.74) is 0.449. The van der Waals surface area contributed by atoms with Gasteiger partial charge in [-0.25, -0.2) is 9.97 Å². The van der Waals surface area contributed by atoms with E-state index in [2.05, 4.69) is 20.6 Å². The molecule has 4 atom stereocenters. The van der Waals surface area contributed by atoms with Crippen LogP contribution < -0.4 is 10.6 Å². The Hall–Kier alpha value is -2.03. The summed E-state index contributed by atoms with van der Waals surface area (Å²) in [5, 5.41) is 8.42. The Morgan fingerprint density at radius 3 is 2.63 bits per heavy atom. The third kappa shape index (κ3) is 3.83. The molecule has 0 saturated carbocycles. The van der Waals surface area contributed by atoms with Crippen LogP contribution in [0.3, 0.4) is 0 Å². The van der Waals surface area contributed by atoms with Crippen molar-refractivity contribution in [2.45, 2.75) is 45.1 Å². The molecule has 2 fully saturated rings. The summed E-state index contributed by atoms with van der Waals surface area (Å²) >= 11 is 1.64. The van der Waals surface area contributed by atoms with Gasteiger partial charge < -0.3 is 20.1 Å². The predicted octanol–water partition coefficient (Wildman–Crippen LogP) is 2.31. The zero-order chi connectivity index (χ0) is 19.0. The molecule has 2 saturated heterocycles. The monoisotopic (exact) mass is 388 g/mol. The Balaban J connectivity index is 1.41. The number of hydrogen-bond acceptors (Lipinski definition) is 7. The van der Waals surface area contributed by atoms with Crippen LogP contribution in [0, 0.1) is 5.41 Å². The summed E-state index contributed by atoms with van der Waals surface area (Å²) in [6, 6.07) is 5.75. The minimum absolute atomic E-state index is 0.00346. The third-order valence-corrected chi connectivity index (χ3v) is 5.69. The fraction of sp³-hybridized carbons (Fsp3) is 0.526. The summed E-state index contributed by atoms with van der Waals surface area (Å²) < 4.78 is 11.9. The van der Waals surface area contributed by atoms with Gasteiger partial charge in [0.2, 0.25) is 11.9 Å². The van der Waals surface area contributed by atoms with Crippen LogP contribution in [0.1, 0.15) is 20.8 Å². The van der Waals surface area contributed by atoms with Gasteiger partial charge in [0.05, 0.1) is 35.9 Å². The Morgan fingerprint density at radius 1 is 1.19 bits per heavy atom. The van der Waals surface area contributed by atoms with Gasteiger partial charge in [0.25, 0.3) is 0 Å². The van der Waals surface area contributed by atoms with E-state index in [0.717, 1.165) is 10.6 Å². The van der Waals surface area contributed by atoms with Crippen molar-refractivity contribution in [2.24, 2.45) is 5.41 Å². The first-order valence-corrected chi connectivity index (χ1v) is 9.97. The largest absolute Gasteiger partial charge is 0.371 e. The van der Waals surface area contributed by atoms with Crippen molar-refractivity contribution in [3.05, 3.63) is 29.8 Å². The summed E-state index contributed by atoms with van der Waals surface area (Å²) in [6.45, 7) is 6.63. The number of amides is 1. The standard InChI is InChI=1S/C19H24N4O3S/c1-19(2,3)17(24)21-12-9-25-16-13(10-26-15(12)16)23-18-20-7-6-11(22-18)14-5-4-8-27-14/h4-8,12-13,15-16H,9-10H2,1-3H3,(H,21,24)(H,20,22,23)/t12-,13-,15+,16+/m0/s1. The second-order valence-electron chi connectivity index (χ2n) is 7.92. The smallest absolute Gasteiger partial charge is 0.225 e. The van der Waals surface area contributed by atoms with Crippen molar-refractivity contribution in [3.8, 4) is 10.6 Å². The quantitative estimate of drug-likeness (QED) is 0.836. The number of fused-ring (bicyclic) bond motifs is 1. The predicted molar refractivity (Wildman–Crippen MR) is 104 cm³/mol. The van der Waals surface area contributed by atoms with Crippen LogP contribution in [0.4, 0.5) is 5.95 Å². The van der Waals surface area contributed by atoms with Crippen LogP contribution in [0.2, 0.25) is 0 Å². The highest BCUT2D eigenvalue weighted by Crippen LogP contribution is 2.30. The maximum Gasteiger partial charge on any atom is 0.225 e. The van der Waals surface area contributed by atoms with Gasteiger partial charge in [0, 0.05) is 11.6 Å². The van der Waals surface area contributed by atoms with Gasteiger partial charge in [-0.05, 0) is 17.5 Å². The Bertz CT molecular complexity index is 806. The molecule has 27 heavy (non-hydrogen) atoms. The molecule has 0 unspecified atom stereocenters. The average Bonchev–Trinajstić information content (AvgIpc) is 3.35. The first kappa shape index (κ1) is 18.3.